The number of nitrogens with zero attached hydrogens (tertiary/aromatic N) is 1. The number of nitrogens with one attached hydrogen (secondary N) is 2. The summed E-state index contributed by atoms with van der Waals surface area (Å²) >= 11 is 5.91. The number of halogens is 1. The second-order valence-electron chi connectivity index (χ2n) is 5.72. The highest BCUT2D eigenvalue weighted by molar-refractivity contribution is 6.30. The Bertz CT molecular complexity index is 809. The van der Waals surface area contributed by atoms with Crippen LogP contribution < -0.4 is 15.5 Å². The monoisotopic (exact) mass is 359 g/mol. The molecule has 0 radical (unpaired) electrons. The van der Waals surface area contributed by atoms with Crippen LogP contribution in [-0.4, -0.2) is 23.6 Å². The van der Waals surface area contributed by atoms with Gasteiger partial charge in [0.1, 0.15) is 0 Å². The van der Waals surface area contributed by atoms with E-state index in [1.165, 1.54) is 0 Å². The molecule has 0 bridgehead atoms. The largest absolute Gasteiger partial charge is 0.359 e. The van der Waals surface area contributed by atoms with E-state index in [1.807, 2.05) is 6.92 Å². The minimum atomic E-state index is -2.16. The van der Waals surface area contributed by atoms with Crippen LogP contribution in [0.3, 0.4) is 0 Å². The van der Waals surface area contributed by atoms with Gasteiger partial charge in [-0.2, -0.15) is 0 Å². The maximum atomic E-state index is 12.8. The summed E-state index contributed by atoms with van der Waals surface area (Å²) < 4.78 is 0. The van der Waals surface area contributed by atoms with E-state index >= 15 is 0 Å². The molecule has 2 aromatic rings. The van der Waals surface area contributed by atoms with Gasteiger partial charge in [0.2, 0.25) is 0 Å². The smallest absolute Gasteiger partial charge is 0.329 e. The average molecular weight is 360 g/mol. The van der Waals surface area contributed by atoms with Gasteiger partial charge in [0.15, 0.2) is 0 Å². The summed E-state index contributed by atoms with van der Waals surface area (Å²) in [6.07, 6.45) is 0.705. The van der Waals surface area contributed by atoms with Crippen molar-refractivity contribution in [2.24, 2.45) is 0 Å². The summed E-state index contributed by atoms with van der Waals surface area (Å²) in [5, 5.41) is 17.3. The summed E-state index contributed by atoms with van der Waals surface area (Å²) in [6, 6.07) is 12.4. The van der Waals surface area contributed by atoms with Crippen molar-refractivity contribution < 1.29 is 14.7 Å². The van der Waals surface area contributed by atoms with Crippen LogP contribution in [0.4, 0.5) is 16.2 Å². The second-order valence-corrected chi connectivity index (χ2v) is 6.15. The molecule has 130 valence electrons. The van der Waals surface area contributed by atoms with Gasteiger partial charge in [0.05, 0.1) is 5.69 Å². The molecule has 0 aliphatic carbocycles. The fourth-order valence-electron chi connectivity index (χ4n) is 2.81. The lowest BCUT2D eigenvalue weighted by atomic mass is 9.95. The van der Waals surface area contributed by atoms with Crippen LogP contribution in [0, 0.1) is 0 Å². The molecule has 1 atom stereocenters. The third-order valence-corrected chi connectivity index (χ3v) is 4.26. The molecule has 1 aliphatic rings. The Morgan fingerprint density at radius 2 is 1.92 bits per heavy atom. The number of urea groups is 1. The van der Waals surface area contributed by atoms with Crippen LogP contribution >= 0.6 is 11.6 Å². The Morgan fingerprint density at radius 3 is 2.60 bits per heavy atom. The first-order valence-corrected chi connectivity index (χ1v) is 8.33. The molecule has 1 heterocycles. The van der Waals surface area contributed by atoms with Crippen molar-refractivity contribution in [3.05, 3.63) is 59.1 Å². The molecule has 0 aromatic heterocycles. The lowest BCUT2D eigenvalue weighted by molar-refractivity contribution is -0.140. The summed E-state index contributed by atoms with van der Waals surface area (Å²) in [7, 11) is 0. The molecule has 6 nitrogen and oxygen atoms in total. The third kappa shape index (κ3) is 2.94. The third-order valence-electron chi connectivity index (χ3n) is 4.01. The molecule has 0 fully saturated rings. The predicted octanol–water partition coefficient (Wildman–Crippen LogP) is 3.06. The fourth-order valence-corrected chi connectivity index (χ4v) is 2.94. The van der Waals surface area contributed by atoms with Gasteiger partial charge in [0.25, 0.3) is 11.6 Å². The predicted molar refractivity (Wildman–Crippen MR) is 96.6 cm³/mol. The first-order valence-electron chi connectivity index (χ1n) is 7.95. The zero-order valence-electron chi connectivity index (χ0n) is 13.6. The highest BCUT2D eigenvalue weighted by atomic mass is 35.5. The first kappa shape index (κ1) is 17.3. The van der Waals surface area contributed by atoms with E-state index in [2.05, 4.69) is 10.6 Å². The number of benzene rings is 2. The molecule has 2 aromatic carbocycles. The van der Waals surface area contributed by atoms with Crippen molar-refractivity contribution in [1.29, 1.82) is 0 Å². The number of carbonyl (C=O) groups excluding carboxylic acids is 2. The van der Waals surface area contributed by atoms with Gasteiger partial charge in [-0.05, 0) is 36.8 Å². The molecule has 0 unspecified atom stereocenters. The summed E-state index contributed by atoms with van der Waals surface area (Å²) in [6.45, 7) is 2.29. The van der Waals surface area contributed by atoms with Crippen LogP contribution in [0.5, 0.6) is 0 Å². The van der Waals surface area contributed by atoms with Gasteiger partial charge in [0, 0.05) is 22.8 Å². The van der Waals surface area contributed by atoms with Crippen LogP contribution in [0.15, 0.2) is 48.5 Å². The van der Waals surface area contributed by atoms with Crippen molar-refractivity contribution in [3.63, 3.8) is 0 Å². The number of carbonyl (C=O) groups is 2. The normalized spacial score (nSPS) is 19.2. The van der Waals surface area contributed by atoms with Crippen LogP contribution in [0.2, 0.25) is 5.02 Å². The second kappa shape index (κ2) is 6.74. The molecule has 3 rings (SSSR count). The van der Waals surface area contributed by atoms with E-state index in [-0.39, 0.29) is 0 Å². The van der Waals surface area contributed by atoms with E-state index in [0.29, 0.717) is 34.9 Å². The quantitative estimate of drug-likeness (QED) is 0.784. The number of rotatable bonds is 4. The van der Waals surface area contributed by atoms with Crippen LogP contribution in [-0.2, 0) is 10.5 Å². The first-order chi connectivity index (χ1) is 12.0. The lowest BCUT2D eigenvalue weighted by Crippen LogP contribution is -2.62. The number of anilines is 2. The van der Waals surface area contributed by atoms with Gasteiger partial charge >= 0.3 is 6.03 Å². The van der Waals surface area contributed by atoms with E-state index in [0.717, 1.165) is 4.90 Å². The molecular formula is C18H18ClN3O3. The molecule has 7 heteroatoms. The maximum absolute atomic E-state index is 12.8. The molecular weight excluding hydrogens is 342 g/mol. The lowest BCUT2D eigenvalue weighted by Gasteiger charge is -2.42. The van der Waals surface area contributed by atoms with Crippen LogP contribution in [0.25, 0.3) is 0 Å². The minimum Gasteiger partial charge on any atom is -0.359 e. The summed E-state index contributed by atoms with van der Waals surface area (Å²) in [5.74, 6) is -0.661. The summed E-state index contributed by atoms with van der Waals surface area (Å²) in [5.41, 5.74) is -1.11. The number of aliphatic hydroxyl groups is 1. The highest BCUT2D eigenvalue weighted by Crippen LogP contribution is 2.39. The molecule has 0 saturated heterocycles. The zero-order chi connectivity index (χ0) is 18.0. The molecule has 0 saturated carbocycles. The van der Waals surface area contributed by atoms with Gasteiger partial charge in [-0.1, -0.05) is 36.7 Å². The minimum absolute atomic E-state index is 0.304. The molecule has 3 amide bonds. The van der Waals surface area contributed by atoms with Crippen molar-refractivity contribution in [2.45, 2.75) is 19.1 Å². The van der Waals surface area contributed by atoms with E-state index in [1.54, 1.807) is 48.5 Å². The zero-order valence-corrected chi connectivity index (χ0v) is 14.4. The van der Waals surface area contributed by atoms with Crippen molar-refractivity contribution in [1.82, 2.24) is 5.32 Å². The van der Waals surface area contributed by atoms with E-state index in [9.17, 15) is 14.7 Å². The van der Waals surface area contributed by atoms with Gasteiger partial charge in [-0.15, -0.1) is 0 Å². The highest BCUT2D eigenvalue weighted by Gasteiger charge is 2.51. The standard InChI is InChI=1S/C18H18ClN3O3/c1-2-11-20-16(23)18(25)14-5-3-4-6-15(14)21-17(24)22(18)13-9-7-12(19)8-10-13/h3-10,25H,2,11H2,1H3,(H,20,23)(H,21,24)/t18-/m1/s1. The van der Waals surface area contributed by atoms with Crippen molar-refractivity contribution in [2.75, 3.05) is 16.8 Å². The van der Waals surface area contributed by atoms with Gasteiger partial charge in [-0.25, -0.2) is 4.79 Å². The number of hydrogen-bond acceptors (Lipinski definition) is 3. The van der Waals surface area contributed by atoms with Gasteiger partial charge < -0.3 is 15.7 Å². The van der Waals surface area contributed by atoms with Crippen molar-refractivity contribution in [3.8, 4) is 0 Å². The van der Waals surface area contributed by atoms with E-state index < -0.39 is 17.7 Å². The Labute approximate surface area is 150 Å². The number of hydrogen-bond donors (Lipinski definition) is 3. The molecule has 0 spiro atoms. The topological polar surface area (TPSA) is 81.7 Å². The Morgan fingerprint density at radius 1 is 1.24 bits per heavy atom. The fraction of sp³-hybridized carbons (Fsp3) is 0.222. The number of para-hydroxylation sites is 1. The van der Waals surface area contributed by atoms with Crippen molar-refractivity contribution >= 4 is 34.9 Å². The maximum Gasteiger partial charge on any atom is 0.329 e. The number of fused-ring (bicyclic) bond motifs is 1. The molecule has 25 heavy (non-hydrogen) atoms. The summed E-state index contributed by atoms with van der Waals surface area (Å²) in [4.78, 5) is 26.5. The Hall–Kier alpha value is -2.57. The number of amides is 3. The Balaban J connectivity index is 2.16. The average Bonchev–Trinajstić information content (AvgIpc) is 2.61. The SMILES string of the molecule is CCCNC(=O)[C@]1(O)c2ccccc2NC(=O)N1c1ccc(Cl)cc1. The van der Waals surface area contributed by atoms with Gasteiger partial charge in [-0.3, -0.25) is 9.69 Å². The van der Waals surface area contributed by atoms with E-state index in [4.69, 9.17) is 11.6 Å². The molecule has 1 aliphatic heterocycles. The Kier molecular flexibility index (Phi) is 4.65. The van der Waals surface area contributed by atoms with Crippen LogP contribution in [0.1, 0.15) is 18.9 Å². The molecule has 3 N–H and O–H groups in total.